The first-order chi connectivity index (χ1) is 14.0. The Morgan fingerprint density at radius 3 is 2.31 bits per heavy atom. The number of carbonyl (C=O) groups is 3. The molecule has 0 saturated heterocycles. The molecule has 0 aliphatic carbocycles. The second kappa shape index (κ2) is 8.90. The van der Waals surface area contributed by atoms with E-state index in [1.54, 1.807) is 36.3 Å². The smallest absolute Gasteiger partial charge is 0.261 e. The van der Waals surface area contributed by atoms with Crippen LogP contribution in [0.2, 0.25) is 0 Å². The molecule has 2 aromatic carbocycles. The molecule has 152 valence electrons. The van der Waals surface area contributed by atoms with Gasteiger partial charge in [-0.1, -0.05) is 24.3 Å². The van der Waals surface area contributed by atoms with Crippen molar-refractivity contribution in [2.45, 2.75) is 32.7 Å². The van der Waals surface area contributed by atoms with Gasteiger partial charge in [0.05, 0.1) is 24.3 Å². The van der Waals surface area contributed by atoms with E-state index in [2.05, 4.69) is 0 Å². The molecule has 2 aromatic rings. The van der Waals surface area contributed by atoms with E-state index in [0.29, 0.717) is 24.1 Å². The van der Waals surface area contributed by atoms with Gasteiger partial charge in [0, 0.05) is 19.5 Å². The molecule has 0 fully saturated rings. The summed E-state index contributed by atoms with van der Waals surface area (Å²) in [4.78, 5) is 40.7. The average Bonchev–Trinajstić information content (AvgIpc) is 2.99. The molecule has 0 spiro atoms. The summed E-state index contributed by atoms with van der Waals surface area (Å²) in [6.07, 6.45) is 0.710. The first-order valence-corrected chi connectivity index (χ1v) is 9.86. The van der Waals surface area contributed by atoms with Gasteiger partial charge in [0.25, 0.3) is 11.8 Å². The number of nitrogens with zero attached hydrogens (tertiary/aromatic N) is 2. The highest BCUT2D eigenvalue weighted by Crippen LogP contribution is 2.25. The van der Waals surface area contributed by atoms with Crippen molar-refractivity contribution >= 4 is 17.7 Å². The molecule has 1 atom stereocenters. The maximum absolute atomic E-state index is 12.8. The molecule has 3 amide bonds. The first-order valence-electron chi connectivity index (χ1n) is 9.86. The fourth-order valence-corrected chi connectivity index (χ4v) is 3.72. The van der Waals surface area contributed by atoms with Crippen LogP contribution in [0.4, 0.5) is 0 Å². The Bertz CT molecular complexity index is 890. The highest BCUT2D eigenvalue weighted by atomic mass is 16.5. The van der Waals surface area contributed by atoms with Crippen molar-refractivity contribution in [2.24, 2.45) is 0 Å². The molecule has 0 N–H and O–H groups in total. The van der Waals surface area contributed by atoms with Gasteiger partial charge in [-0.3, -0.25) is 19.3 Å². The lowest BCUT2D eigenvalue weighted by Gasteiger charge is -2.29. The highest BCUT2D eigenvalue weighted by Gasteiger charge is 2.34. The van der Waals surface area contributed by atoms with E-state index in [0.717, 1.165) is 11.3 Å². The van der Waals surface area contributed by atoms with Gasteiger partial charge in [-0.2, -0.15) is 0 Å². The molecular weight excluding hydrogens is 368 g/mol. The lowest BCUT2D eigenvalue weighted by Crippen LogP contribution is -2.35. The average molecular weight is 394 g/mol. The summed E-state index contributed by atoms with van der Waals surface area (Å²) in [6.45, 7) is 4.74. The Morgan fingerprint density at radius 1 is 1.07 bits per heavy atom. The van der Waals surface area contributed by atoms with Gasteiger partial charge in [-0.15, -0.1) is 0 Å². The van der Waals surface area contributed by atoms with Gasteiger partial charge in [-0.25, -0.2) is 0 Å². The monoisotopic (exact) mass is 394 g/mol. The van der Waals surface area contributed by atoms with Crippen LogP contribution in [0.25, 0.3) is 0 Å². The molecule has 0 aromatic heterocycles. The number of methoxy groups -OCH3 is 1. The van der Waals surface area contributed by atoms with Gasteiger partial charge in [0.2, 0.25) is 5.91 Å². The van der Waals surface area contributed by atoms with Gasteiger partial charge in [-0.05, 0) is 50.1 Å². The summed E-state index contributed by atoms with van der Waals surface area (Å²) in [5.41, 5.74) is 1.87. The summed E-state index contributed by atoms with van der Waals surface area (Å²) in [7, 11) is 1.62. The zero-order chi connectivity index (χ0) is 21.0. The Kier molecular flexibility index (Phi) is 6.32. The largest absolute Gasteiger partial charge is 0.497 e. The van der Waals surface area contributed by atoms with Crippen molar-refractivity contribution in [3.63, 3.8) is 0 Å². The minimum Gasteiger partial charge on any atom is -0.497 e. The van der Waals surface area contributed by atoms with E-state index >= 15 is 0 Å². The molecule has 29 heavy (non-hydrogen) atoms. The van der Waals surface area contributed by atoms with Gasteiger partial charge >= 0.3 is 0 Å². The van der Waals surface area contributed by atoms with Crippen LogP contribution in [-0.2, 0) is 4.79 Å². The lowest BCUT2D eigenvalue weighted by atomic mass is 10.1. The molecule has 1 aliphatic heterocycles. The summed E-state index contributed by atoms with van der Waals surface area (Å²) >= 11 is 0. The van der Waals surface area contributed by atoms with Crippen LogP contribution < -0.4 is 4.74 Å². The van der Waals surface area contributed by atoms with Crippen LogP contribution >= 0.6 is 0 Å². The third-order valence-corrected chi connectivity index (χ3v) is 5.36. The summed E-state index contributed by atoms with van der Waals surface area (Å²) in [6, 6.07) is 14.4. The Morgan fingerprint density at radius 2 is 1.72 bits per heavy atom. The van der Waals surface area contributed by atoms with Crippen LogP contribution in [0.3, 0.4) is 0 Å². The normalized spacial score (nSPS) is 14.0. The predicted octanol–water partition coefficient (Wildman–Crippen LogP) is 3.68. The van der Waals surface area contributed by atoms with Crippen LogP contribution in [0.15, 0.2) is 48.5 Å². The number of carbonyl (C=O) groups excluding carboxylic acids is 3. The maximum atomic E-state index is 12.8. The SMILES string of the molecule is CCN(C(=O)CCCN1C(=O)c2ccccc2C1=O)C(C)c1cccc(OC)c1. The topological polar surface area (TPSA) is 66.9 Å². The standard InChI is InChI=1S/C23H26N2O4/c1-4-24(16(2)17-9-7-10-18(15-17)29-3)21(26)13-8-14-25-22(27)19-11-5-6-12-20(19)23(25)28/h5-7,9-12,15-16H,4,8,13-14H2,1-3H3. The number of benzene rings is 2. The Labute approximate surface area is 171 Å². The second-order valence-electron chi connectivity index (χ2n) is 7.04. The van der Waals surface area contributed by atoms with Gasteiger partial charge < -0.3 is 9.64 Å². The molecular formula is C23H26N2O4. The zero-order valence-electron chi connectivity index (χ0n) is 17.1. The fraction of sp³-hybridized carbons (Fsp3) is 0.348. The molecule has 6 nitrogen and oxygen atoms in total. The number of rotatable bonds is 8. The number of amides is 3. The van der Waals surface area contributed by atoms with Gasteiger partial charge in [0.1, 0.15) is 5.75 Å². The number of hydrogen-bond donors (Lipinski definition) is 0. The van der Waals surface area contributed by atoms with Crippen molar-refractivity contribution in [2.75, 3.05) is 20.2 Å². The van der Waals surface area contributed by atoms with E-state index in [1.165, 1.54) is 4.90 Å². The quantitative estimate of drug-likeness (QED) is 0.641. The van der Waals surface area contributed by atoms with Crippen LogP contribution in [0.1, 0.15) is 59.0 Å². The third kappa shape index (κ3) is 4.16. The van der Waals surface area contributed by atoms with Crippen molar-refractivity contribution < 1.29 is 19.1 Å². The molecule has 0 saturated carbocycles. The highest BCUT2D eigenvalue weighted by molar-refractivity contribution is 6.21. The number of imide groups is 1. The van der Waals surface area contributed by atoms with E-state index in [9.17, 15) is 14.4 Å². The molecule has 0 bridgehead atoms. The lowest BCUT2D eigenvalue weighted by molar-refractivity contribution is -0.133. The number of hydrogen-bond acceptors (Lipinski definition) is 4. The molecule has 0 radical (unpaired) electrons. The Balaban J connectivity index is 1.59. The van der Waals surface area contributed by atoms with Crippen molar-refractivity contribution in [3.05, 3.63) is 65.2 Å². The van der Waals surface area contributed by atoms with Crippen LogP contribution in [0, 0.1) is 0 Å². The molecule has 1 heterocycles. The van der Waals surface area contributed by atoms with E-state index in [4.69, 9.17) is 4.74 Å². The van der Waals surface area contributed by atoms with Crippen LogP contribution in [-0.4, -0.2) is 47.7 Å². The van der Waals surface area contributed by atoms with E-state index < -0.39 is 0 Å². The molecule has 1 aliphatic rings. The van der Waals surface area contributed by atoms with Crippen LogP contribution in [0.5, 0.6) is 5.75 Å². The van der Waals surface area contributed by atoms with Gasteiger partial charge in [0.15, 0.2) is 0 Å². The Hall–Kier alpha value is -3.15. The summed E-state index contributed by atoms with van der Waals surface area (Å²) in [5, 5.41) is 0. The summed E-state index contributed by atoms with van der Waals surface area (Å²) in [5.74, 6) is 0.188. The predicted molar refractivity (Wildman–Crippen MR) is 110 cm³/mol. The molecule has 3 rings (SSSR count). The van der Waals surface area contributed by atoms with Crippen molar-refractivity contribution in [3.8, 4) is 5.75 Å². The number of ether oxygens (including phenoxy) is 1. The van der Waals surface area contributed by atoms with Crippen molar-refractivity contribution in [1.82, 2.24) is 9.80 Å². The summed E-state index contributed by atoms with van der Waals surface area (Å²) < 4.78 is 5.27. The van der Waals surface area contributed by atoms with E-state index in [-0.39, 0.29) is 36.7 Å². The third-order valence-electron chi connectivity index (χ3n) is 5.36. The molecule has 1 unspecified atom stereocenters. The zero-order valence-corrected chi connectivity index (χ0v) is 17.1. The fourth-order valence-electron chi connectivity index (χ4n) is 3.72. The molecule has 6 heteroatoms. The van der Waals surface area contributed by atoms with E-state index in [1.807, 2.05) is 38.1 Å². The first kappa shape index (κ1) is 20.6. The maximum Gasteiger partial charge on any atom is 0.261 e. The minimum absolute atomic E-state index is 0.000529. The van der Waals surface area contributed by atoms with Crippen molar-refractivity contribution in [1.29, 1.82) is 0 Å². The number of fused-ring (bicyclic) bond motifs is 1. The second-order valence-corrected chi connectivity index (χ2v) is 7.04. The minimum atomic E-state index is -0.282.